The molecule has 0 aliphatic rings. The Morgan fingerprint density at radius 1 is 1.40 bits per heavy atom. The summed E-state index contributed by atoms with van der Waals surface area (Å²) in [4.78, 5) is 5.05. The molecule has 2 N–H and O–H groups in total. The molecule has 0 saturated heterocycles. The number of nitrogen functional groups attached to an aromatic ring is 1. The zero-order chi connectivity index (χ0) is 10.8. The molecule has 0 aliphatic heterocycles. The SMILES string of the molecule is COc1cc(Br)cc(-c2cnc(N)s2)c1. The minimum atomic E-state index is 0.573. The molecule has 0 atom stereocenters. The van der Waals surface area contributed by atoms with E-state index in [9.17, 15) is 0 Å². The molecule has 1 aromatic heterocycles. The quantitative estimate of drug-likeness (QED) is 0.922. The lowest BCUT2D eigenvalue weighted by Gasteiger charge is -2.03. The second-order valence-corrected chi connectivity index (χ2v) is 4.92. The minimum Gasteiger partial charge on any atom is -0.497 e. The first kappa shape index (κ1) is 10.4. The lowest BCUT2D eigenvalue weighted by Crippen LogP contribution is -1.83. The van der Waals surface area contributed by atoms with E-state index in [4.69, 9.17) is 10.5 Å². The highest BCUT2D eigenvalue weighted by Crippen LogP contribution is 2.32. The number of halogens is 1. The Hall–Kier alpha value is -1.07. The van der Waals surface area contributed by atoms with Crippen molar-refractivity contribution in [3.05, 3.63) is 28.9 Å². The smallest absolute Gasteiger partial charge is 0.180 e. The van der Waals surface area contributed by atoms with Crippen LogP contribution in [-0.2, 0) is 0 Å². The van der Waals surface area contributed by atoms with Crippen molar-refractivity contribution < 1.29 is 4.74 Å². The highest BCUT2D eigenvalue weighted by atomic mass is 79.9. The van der Waals surface area contributed by atoms with Crippen molar-refractivity contribution >= 4 is 32.4 Å². The number of methoxy groups -OCH3 is 1. The highest BCUT2D eigenvalue weighted by Gasteiger charge is 2.05. The van der Waals surface area contributed by atoms with Gasteiger partial charge in [-0.1, -0.05) is 27.3 Å². The maximum Gasteiger partial charge on any atom is 0.180 e. The molecule has 0 radical (unpaired) electrons. The first-order chi connectivity index (χ1) is 7.19. The zero-order valence-electron chi connectivity index (χ0n) is 8.03. The standard InChI is InChI=1S/C10H9BrN2OS/c1-14-8-3-6(2-7(11)4-8)9-5-13-10(12)15-9/h2-5H,1H3,(H2,12,13). The van der Waals surface area contributed by atoms with Gasteiger partial charge < -0.3 is 10.5 Å². The van der Waals surface area contributed by atoms with Crippen molar-refractivity contribution in [1.29, 1.82) is 0 Å². The van der Waals surface area contributed by atoms with Gasteiger partial charge in [0.25, 0.3) is 0 Å². The lowest BCUT2D eigenvalue weighted by molar-refractivity contribution is 0.414. The predicted octanol–water partition coefficient (Wildman–Crippen LogP) is 3.16. The molecule has 0 amide bonds. The van der Waals surface area contributed by atoms with Crippen molar-refractivity contribution in [2.24, 2.45) is 0 Å². The first-order valence-electron chi connectivity index (χ1n) is 4.25. The number of nitrogens with two attached hydrogens (primary N) is 1. The van der Waals surface area contributed by atoms with Gasteiger partial charge in [-0.2, -0.15) is 0 Å². The van der Waals surface area contributed by atoms with E-state index >= 15 is 0 Å². The second-order valence-electron chi connectivity index (χ2n) is 2.94. The monoisotopic (exact) mass is 284 g/mol. The molecule has 2 aromatic rings. The van der Waals surface area contributed by atoms with Gasteiger partial charge in [0.05, 0.1) is 12.0 Å². The van der Waals surface area contributed by atoms with Crippen molar-refractivity contribution in [2.75, 3.05) is 12.8 Å². The number of ether oxygens (including phenoxy) is 1. The zero-order valence-corrected chi connectivity index (χ0v) is 10.4. The summed E-state index contributed by atoms with van der Waals surface area (Å²) < 4.78 is 6.16. The molecule has 2 rings (SSSR count). The van der Waals surface area contributed by atoms with Gasteiger partial charge in [0.1, 0.15) is 5.75 Å². The van der Waals surface area contributed by atoms with Crippen LogP contribution < -0.4 is 10.5 Å². The van der Waals surface area contributed by atoms with Gasteiger partial charge in [0, 0.05) is 10.7 Å². The van der Waals surface area contributed by atoms with E-state index in [0.717, 1.165) is 20.7 Å². The molecule has 78 valence electrons. The van der Waals surface area contributed by atoms with Gasteiger partial charge >= 0.3 is 0 Å². The Bertz CT molecular complexity index is 484. The Kier molecular flexibility index (Phi) is 2.93. The summed E-state index contributed by atoms with van der Waals surface area (Å²) in [5.74, 6) is 0.811. The maximum atomic E-state index is 5.59. The number of thiazole rings is 1. The van der Waals surface area contributed by atoms with Gasteiger partial charge in [0.15, 0.2) is 5.13 Å². The van der Waals surface area contributed by atoms with Crippen LogP contribution in [0.2, 0.25) is 0 Å². The average Bonchev–Trinajstić information content (AvgIpc) is 2.64. The average molecular weight is 285 g/mol. The fraction of sp³-hybridized carbons (Fsp3) is 0.100. The van der Waals surface area contributed by atoms with Crippen LogP contribution >= 0.6 is 27.3 Å². The summed E-state index contributed by atoms with van der Waals surface area (Å²) in [5, 5.41) is 0.573. The van der Waals surface area contributed by atoms with Crippen LogP contribution in [0.25, 0.3) is 10.4 Å². The maximum absolute atomic E-state index is 5.59. The molecule has 1 aromatic carbocycles. The topological polar surface area (TPSA) is 48.1 Å². The normalized spacial score (nSPS) is 10.3. The molecule has 5 heteroatoms. The largest absolute Gasteiger partial charge is 0.497 e. The summed E-state index contributed by atoms with van der Waals surface area (Å²) >= 11 is 4.89. The highest BCUT2D eigenvalue weighted by molar-refractivity contribution is 9.10. The van der Waals surface area contributed by atoms with Crippen LogP contribution in [0.4, 0.5) is 5.13 Å². The summed E-state index contributed by atoms with van der Waals surface area (Å²) in [6.07, 6.45) is 1.77. The molecule has 15 heavy (non-hydrogen) atoms. The fourth-order valence-corrected chi connectivity index (χ4v) is 2.39. The Labute approximate surface area is 100 Å². The van der Waals surface area contributed by atoms with Crippen LogP contribution in [-0.4, -0.2) is 12.1 Å². The van der Waals surface area contributed by atoms with Crippen LogP contribution in [0, 0.1) is 0 Å². The van der Waals surface area contributed by atoms with E-state index < -0.39 is 0 Å². The van der Waals surface area contributed by atoms with Crippen LogP contribution in [0.5, 0.6) is 5.75 Å². The molecule has 0 bridgehead atoms. The van der Waals surface area contributed by atoms with E-state index in [0.29, 0.717) is 5.13 Å². The number of hydrogen-bond donors (Lipinski definition) is 1. The Morgan fingerprint density at radius 2 is 2.20 bits per heavy atom. The number of rotatable bonds is 2. The molecule has 0 fully saturated rings. The fourth-order valence-electron chi connectivity index (χ4n) is 1.24. The first-order valence-corrected chi connectivity index (χ1v) is 5.86. The number of aromatic nitrogens is 1. The molecule has 0 spiro atoms. The molecule has 0 aliphatic carbocycles. The molecule has 0 saturated carbocycles. The molecule has 0 unspecified atom stereocenters. The lowest BCUT2D eigenvalue weighted by atomic mass is 10.2. The number of anilines is 1. The summed E-state index contributed by atoms with van der Waals surface area (Å²) in [5.41, 5.74) is 6.64. The molecular weight excluding hydrogens is 276 g/mol. The van der Waals surface area contributed by atoms with E-state index in [1.807, 2.05) is 18.2 Å². The second kappa shape index (κ2) is 4.20. The third-order valence-electron chi connectivity index (χ3n) is 1.92. The third kappa shape index (κ3) is 2.30. The van der Waals surface area contributed by atoms with Gasteiger partial charge in [-0.25, -0.2) is 4.98 Å². The van der Waals surface area contributed by atoms with Crippen LogP contribution in [0.15, 0.2) is 28.9 Å². The van der Waals surface area contributed by atoms with Crippen molar-refractivity contribution in [3.63, 3.8) is 0 Å². The van der Waals surface area contributed by atoms with E-state index in [1.165, 1.54) is 11.3 Å². The Morgan fingerprint density at radius 3 is 2.80 bits per heavy atom. The number of nitrogens with zero attached hydrogens (tertiary/aromatic N) is 1. The Balaban J connectivity index is 2.48. The molecule has 3 nitrogen and oxygen atoms in total. The van der Waals surface area contributed by atoms with E-state index in [-0.39, 0.29) is 0 Å². The number of benzene rings is 1. The summed E-state index contributed by atoms with van der Waals surface area (Å²) in [6.45, 7) is 0. The van der Waals surface area contributed by atoms with E-state index in [2.05, 4.69) is 20.9 Å². The van der Waals surface area contributed by atoms with Gasteiger partial charge in [0.2, 0.25) is 0 Å². The van der Waals surface area contributed by atoms with E-state index in [1.54, 1.807) is 13.3 Å². The van der Waals surface area contributed by atoms with Gasteiger partial charge in [-0.3, -0.25) is 0 Å². The van der Waals surface area contributed by atoms with Crippen molar-refractivity contribution in [2.45, 2.75) is 0 Å². The summed E-state index contributed by atoms with van der Waals surface area (Å²) in [6, 6.07) is 5.88. The van der Waals surface area contributed by atoms with Gasteiger partial charge in [-0.15, -0.1) is 0 Å². The molecule has 1 heterocycles. The minimum absolute atomic E-state index is 0.573. The molecular formula is C10H9BrN2OS. The predicted molar refractivity (Wildman–Crippen MR) is 66.2 cm³/mol. The van der Waals surface area contributed by atoms with Crippen molar-refractivity contribution in [3.8, 4) is 16.2 Å². The number of hydrogen-bond acceptors (Lipinski definition) is 4. The summed E-state index contributed by atoms with van der Waals surface area (Å²) in [7, 11) is 1.65. The van der Waals surface area contributed by atoms with Crippen molar-refractivity contribution in [1.82, 2.24) is 4.98 Å². The third-order valence-corrected chi connectivity index (χ3v) is 3.25. The van der Waals surface area contributed by atoms with Crippen LogP contribution in [0.3, 0.4) is 0 Å². The van der Waals surface area contributed by atoms with Gasteiger partial charge in [-0.05, 0) is 23.8 Å². The van der Waals surface area contributed by atoms with Crippen LogP contribution in [0.1, 0.15) is 0 Å².